The maximum atomic E-state index is 5.82. The Bertz CT molecular complexity index is 565. The fourth-order valence-electron chi connectivity index (χ4n) is 2.69. The van der Waals surface area contributed by atoms with Crippen LogP contribution in [0, 0.1) is 0 Å². The molecule has 92 valence electrons. The lowest BCUT2D eigenvalue weighted by Gasteiger charge is -2.25. The molecule has 3 rings (SSSR count). The zero-order valence-electron chi connectivity index (χ0n) is 10.5. The van der Waals surface area contributed by atoms with Crippen molar-refractivity contribution in [1.29, 1.82) is 0 Å². The fourth-order valence-corrected chi connectivity index (χ4v) is 2.69. The van der Waals surface area contributed by atoms with Crippen LogP contribution >= 0.6 is 0 Å². The van der Waals surface area contributed by atoms with E-state index >= 15 is 0 Å². The highest BCUT2D eigenvalue weighted by Gasteiger charge is 2.28. The number of nitrogens with two attached hydrogens (primary N) is 1. The van der Waals surface area contributed by atoms with Crippen molar-refractivity contribution in [3.8, 4) is 0 Å². The van der Waals surface area contributed by atoms with Gasteiger partial charge in [0.1, 0.15) is 5.82 Å². The van der Waals surface area contributed by atoms with Crippen molar-refractivity contribution in [1.82, 2.24) is 4.98 Å². The number of nitrogens with zero attached hydrogens (tertiary/aromatic N) is 2. The number of anilines is 2. The summed E-state index contributed by atoms with van der Waals surface area (Å²) >= 11 is 0. The van der Waals surface area contributed by atoms with E-state index in [-0.39, 0.29) is 0 Å². The van der Waals surface area contributed by atoms with Crippen LogP contribution in [-0.4, -0.2) is 11.0 Å². The molecule has 2 heterocycles. The minimum absolute atomic E-state index is 0.433. The van der Waals surface area contributed by atoms with Crippen molar-refractivity contribution in [2.45, 2.75) is 25.9 Å². The van der Waals surface area contributed by atoms with E-state index < -0.39 is 0 Å². The largest absolute Gasteiger partial charge is 0.326 e. The molecule has 0 saturated carbocycles. The number of fused-ring (bicyclic) bond motifs is 1. The molecule has 1 aliphatic heterocycles. The predicted molar refractivity (Wildman–Crippen MR) is 73.9 cm³/mol. The summed E-state index contributed by atoms with van der Waals surface area (Å²) in [4.78, 5) is 6.83. The molecule has 3 nitrogen and oxygen atoms in total. The van der Waals surface area contributed by atoms with E-state index in [1.165, 1.54) is 11.3 Å². The van der Waals surface area contributed by atoms with E-state index in [2.05, 4.69) is 47.1 Å². The summed E-state index contributed by atoms with van der Waals surface area (Å²) in [5.74, 6) is 0.998. The summed E-state index contributed by atoms with van der Waals surface area (Å²) in [7, 11) is 0. The van der Waals surface area contributed by atoms with Gasteiger partial charge in [-0.25, -0.2) is 4.98 Å². The molecule has 1 atom stereocenters. The third-order valence-corrected chi connectivity index (χ3v) is 3.52. The van der Waals surface area contributed by atoms with E-state index in [0.29, 0.717) is 12.6 Å². The molecular formula is C15H17N3. The summed E-state index contributed by atoms with van der Waals surface area (Å²) in [5, 5.41) is 0. The van der Waals surface area contributed by atoms with Crippen LogP contribution in [0.1, 0.15) is 18.1 Å². The minimum atomic E-state index is 0.433. The lowest BCUT2D eigenvalue weighted by molar-refractivity contribution is 0.745. The van der Waals surface area contributed by atoms with Gasteiger partial charge in [0.2, 0.25) is 0 Å². The van der Waals surface area contributed by atoms with Gasteiger partial charge >= 0.3 is 0 Å². The van der Waals surface area contributed by atoms with Crippen LogP contribution in [0.2, 0.25) is 0 Å². The Kier molecular flexibility index (Phi) is 2.76. The summed E-state index contributed by atoms with van der Waals surface area (Å²) in [6, 6.07) is 13.0. The van der Waals surface area contributed by atoms with Crippen LogP contribution in [0.4, 0.5) is 11.5 Å². The summed E-state index contributed by atoms with van der Waals surface area (Å²) in [6.45, 7) is 2.75. The second-order valence-electron chi connectivity index (χ2n) is 4.74. The molecular weight excluding hydrogens is 222 g/mol. The monoisotopic (exact) mass is 239 g/mol. The highest BCUT2D eigenvalue weighted by molar-refractivity contribution is 5.70. The molecule has 2 N–H and O–H groups in total. The lowest BCUT2D eigenvalue weighted by Crippen LogP contribution is -2.26. The van der Waals surface area contributed by atoms with Crippen molar-refractivity contribution in [3.63, 3.8) is 0 Å². The smallest absolute Gasteiger partial charge is 0.137 e. The first-order valence-electron chi connectivity index (χ1n) is 6.32. The number of rotatable bonds is 2. The Morgan fingerprint density at radius 3 is 2.94 bits per heavy atom. The molecule has 0 fully saturated rings. The van der Waals surface area contributed by atoms with E-state index in [1.54, 1.807) is 0 Å². The highest BCUT2D eigenvalue weighted by atomic mass is 15.2. The Morgan fingerprint density at radius 2 is 2.11 bits per heavy atom. The summed E-state index contributed by atoms with van der Waals surface area (Å²) < 4.78 is 0. The maximum absolute atomic E-state index is 5.82. The second kappa shape index (κ2) is 4.42. The number of hydrogen-bond acceptors (Lipinski definition) is 3. The molecule has 2 aromatic rings. The normalized spacial score (nSPS) is 17.9. The van der Waals surface area contributed by atoms with E-state index in [9.17, 15) is 0 Å². The standard InChI is InChI=1S/C15H17N3/c1-11-9-12-5-2-3-7-14(12)18(11)15-13(10-16)6-4-8-17-15/h2-8,11H,9-10,16H2,1H3. The van der Waals surface area contributed by atoms with Gasteiger partial charge < -0.3 is 10.6 Å². The molecule has 1 aromatic carbocycles. The highest BCUT2D eigenvalue weighted by Crippen LogP contribution is 2.38. The van der Waals surface area contributed by atoms with Gasteiger partial charge in [0, 0.05) is 30.0 Å². The number of hydrogen-bond donors (Lipinski definition) is 1. The summed E-state index contributed by atoms with van der Waals surface area (Å²) in [5.41, 5.74) is 9.57. The Hall–Kier alpha value is -1.87. The first-order valence-corrected chi connectivity index (χ1v) is 6.32. The van der Waals surface area contributed by atoms with Gasteiger partial charge in [0.15, 0.2) is 0 Å². The van der Waals surface area contributed by atoms with Gasteiger partial charge in [-0.05, 0) is 31.0 Å². The quantitative estimate of drug-likeness (QED) is 0.876. The van der Waals surface area contributed by atoms with Gasteiger partial charge in [-0.2, -0.15) is 0 Å². The topological polar surface area (TPSA) is 42.2 Å². The fraction of sp³-hybridized carbons (Fsp3) is 0.267. The Labute approximate surface area is 107 Å². The molecule has 3 heteroatoms. The van der Waals surface area contributed by atoms with E-state index in [1.807, 2.05) is 12.3 Å². The Morgan fingerprint density at radius 1 is 1.28 bits per heavy atom. The molecule has 0 amide bonds. The predicted octanol–water partition coefficient (Wildman–Crippen LogP) is 2.62. The van der Waals surface area contributed by atoms with Gasteiger partial charge in [0.25, 0.3) is 0 Å². The molecule has 0 aliphatic carbocycles. The zero-order chi connectivity index (χ0) is 12.5. The molecule has 1 unspecified atom stereocenters. The number of aromatic nitrogens is 1. The van der Waals surface area contributed by atoms with E-state index in [0.717, 1.165) is 17.8 Å². The van der Waals surface area contributed by atoms with Crippen LogP contribution in [0.5, 0.6) is 0 Å². The van der Waals surface area contributed by atoms with Crippen molar-refractivity contribution in [3.05, 3.63) is 53.7 Å². The third kappa shape index (κ3) is 1.68. The molecule has 1 aliphatic rings. The minimum Gasteiger partial charge on any atom is -0.326 e. The molecule has 0 saturated heterocycles. The first-order chi connectivity index (χ1) is 8.81. The van der Waals surface area contributed by atoms with Gasteiger partial charge in [0.05, 0.1) is 0 Å². The lowest BCUT2D eigenvalue weighted by atomic mass is 10.1. The molecule has 0 radical (unpaired) electrons. The average molecular weight is 239 g/mol. The number of para-hydroxylation sites is 1. The van der Waals surface area contributed by atoms with Crippen molar-refractivity contribution in [2.24, 2.45) is 5.73 Å². The molecule has 1 aromatic heterocycles. The maximum Gasteiger partial charge on any atom is 0.137 e. The zero-order valence-corrected chi connectivity index (χ0v) is 10.5. The van der Waals surface area contributed by atoms with E-state index in [4.69, 9.17) is 5.73 Å². The van der Waals surface area contributed by atoms with Gasteiger partial charge in [-0.3, -0.25) is 0 Å². The van der Waals surface area contributed by atoms with Crippen molar-refractivity contribution in [2.75, 3.05) is 4.90 Å². The summed E-state index contributed by atoms with van der Waals surface area (Å²) in [6.07, 6.45) is 2.90. The molecule has 18 heavy (non-hydrogen) atoms. The van der Waals surface area contributed by atoms with Crippen molar-refractivity contribution >= 4 is 11.5 Å². The van der Waals surface area contributed by atoms with Gasteiger partial charge in [-0.15, -0.1) is 0 Å². The third-order valence-electron chi connectivity index (χ3n) is 3.52. The van der Waals surface area contributed by atoms with Crippen LogP contribution in [0.25, 0.3) is 0 Å². The van der Waals surface area contributed by atoms with Crippen LogP contribution in [0.3, 0.4) is 0 Å². The molecule has 0 spiro atoms. The SMILES string of the molecule is CC1Cc2ccccc2N1c1ncccc1CN. The average Bonchev–Trinajstić information content (AvgIpc) is 2.74. The number of pyridine rings is 1. The van der Waals surface area contributed by atoms with Gasteiger partial charge in [-0.1, -0.05) is 24.3 Å². The van der Waals surface area contributed by atoms with Crippen LogP contribution < -0.4 is 10.6 Å². The molecule has 0 bridgehead atoms. The van der Waals surface area contributed by atoms with Crippen LogP contribution in [0.15, 0.2) is 42.6 Å². The van der Waals surface area contributed by atoms with Crippen LogP contribution in [-0.2, 0) is 13.0 Å². The second-order valence-corrected chi connectivity index (χ2v) is 4.74. The first kappa shape index (κ1) is 11.2. The number of benzene rings is 1. The van der Waals surface area contributed by atoms with Crippen molar-refractivity contribution < 1.29 is 0 Å². The Balaban J connectivity index is 2.12.